The number of amides is 1. The molecule has 5 heteroatoms. The van der Waals surface area contributed by atoms with Crippen LogP contribution in [0.15, 0.2) is 42.9 Å². The van der Waals surface area contributed by atoms with Gasteiger partial charge in [-0.25, -0.2) is 4.98 Å². The lowest BCUT2D eigenvalue weighted by Gasteiger charge is -2.28. The highest BCUT2D eigenvalue weighted by Gasteiger charge is 2.24. The van der Waals surface area contributed by atoms with Crippen LogP contribution in [0.25, 0.3) is 0 Å². The van der Waals surface area contributed by atoms with Crippen molar-refractivity contribution in [3.05, 3.63) is 54.1 Å². The van der Waals surface area contributed by atoms with Crippen molar-refractivity contribution in [2.45, 2.75) is 32.9 Å². The van der Waals surface area contributed by atoms with Crippen LogP contribution in [0, 0.1) is 0 Å². The topological polar surface area (TPSA) is 66.3 Å². The predicted octanol–water partition coefficient (Wildman–Crippen LogP) is 2.62. The average molecular weight is 285 g/mol. The lowest BCUT2D eigenvalue weighted by atomic mass is 10.1. The Morgan fingerprint density at radius 2 is 2.10 bits per heavy atom. The van der Waals surface area contributed by atoms with Crippen LogP contribution in [-0.4, -0.2) is 31.9 Å². The molecule has 2 heterocycles. The molecule has 0 radical (unpaired) electrons. The quantitative estimate of drug-likeness (QED) is 0.917. The highest BCUT2D eigenvalue weighted by Crippen LogP contribution is 2.19. The van der Waals surface area contributed by atoms with Gasteiger partial charge >= 0.3 is 0 Å². The summed E-state index contributed by atoms with van der Waals surface area (Å²) in [6, 6.07) is 6.87. The average Bonchev–Trinajstić information content (AvgIpc) is 2.53. The molecule has 5 nitrogen and oxygen atoms in total. The van der Waals surface area contributed by atoms with Crippen LogP contribution in [0.4, 0.5) is 0 Å². The Labute approximate surface area is 124 Å². The SMILES string of the molecule is CC[C@@H](C)N(Cc1cccnc1)C(=O)c1ncccc1O. The van der Waals surface area contributed by atoms with E-state index in [9.17, 15) is 9.90 Å². The Morgan fingerprint density at radius 3 is 2.71 bits per heavy atom. The highest BCUT2D eigenvalue weighted by atomic mass is 16.3. The number of hydrogen-bond donors (Lipinski definition) is 1. The van der Waals surface area contributed by atoms with Crippen LogP contribution in [0.2, 0.25) is 0 Å². The minimum absolute atomic E-state index is 0.0408. The first-order valence-electron chi connectivity index (χ1n) is 6.97. The first kappa shape index (κ1) is 15.0. The van der Waals surface area contributed by atoms with Gasteiger partial charge in [0.25, 0.3) is 5.91 Å². The maximum Gasteiger partial charge on any atom is 0.276 e. The molecule has 0 unspecified atom stereocenters. The van der Waals surface area contributed by atoms with E-state index >= 15 is 0 Å². The number of hydrogen-bond acceptors (Lipinski definition) is 4. The molecule has 1 N–H and O–H groups in total. The Hall–Kier alpha value is -2.43. The molecule has 0 bridgehead atoms. The number of carbonyl (C=O) groups excluding carboxylic acids is 1. The summed E-state index contributed by atoms with van der Waals surface area (Å²) in [5, 5.41) is 9.83. The van der Waals surface area contributed by atoms with Crippen molar-refractivity contribution in [2.24, 2.45) is 0 Å². The van der Waals surface area contributed by atoms with E-state index in [1.165, 1.54) is 12.3 Å². The van der Waals surface area contributed by atoms with Gasteiger partial charge in [-0.15, -0.1) is 0 Å². The molecule has 2 aromatic rings. The molecule has 0 aromatic carbocycles. The molecule has 0 aliphatic heterocycles. The first-order chi connectivity index (χ1) is 10.1. The second-order valence-electron chi connectivity index (χ2n) is 4.92. The summed E-state index contributed by atoms with van der Waals surface area (Å²) in [5.41, 5.74) is 1.03. The molecule has 110 valence electrons. The number of aromatic hydroxyl groups is 1. The fraction of sp³-hybridized carbons (Fsp3) is 0.312. The minimum atomic E-state index is -0.272. The van der Waals surface area contributed by atoms with E-state index in [4.69, 9.17) is 0 Å². The van der Waals surface area contributed by atoms with Crippen molar-refractivity contribution in [3.8, 4) is 5.75 Å². The van der Waals surface area contributed by atoms with Gasteiger partial charge in [-0.2, -0.15) is 0 Å². The summed E-state index contributed by atoms with van der Waals surface area (Å²) in [5.74, 6) is -0.367. The minimum Gasteiger partial charge on any atom is -0.505 e. The van der Waals surface area contributed by atoms with E-state index in [1.54, 1.807) is 23.4 Å². The summed E-state index contributed by atoms with van der Waals surface area (Å²) in [6.45, 7) is 4.44. The summed E-state index contributed by atoms with van der Waals surface area (Å²) < 4.78 is 0. The molecule has 0 spiro atoms. The zero-order chi connectivity index (χ0) is 15.2. The Morgan fingerprint density at radius 1 is 1.33 bits per heavy atom. The summed E-state index contributed by atoms with van der Waals surface area (Å²) in [7, 11) is 0. The van der Waals surface area contributed by atoms with Crippen LogP contribution < -0.4 is 0 Å². The molecule has 2 rings (SSSR count). The van der Waals surface area contributed by atoms with Crippen molar-refractivity contribution < 1.29 is 9.90 Å². The van der Waals surface area contributed by atoms with Crippen LogP contribution in [0.1, 0.15) is 36.3 Å². The number of aromatic nitrogens is 2. The first-order valence-corrected chi connectivity index (χ1v) is 6.97. The van der Waals surface area contributed by atoms with Crippen LogP contribution in [-0.2, 0) is 6.54 Å². The van der Waals surface area contributed by atoms with Gasteiger partial charge in [0, 0.05) is 31.2 Å². The highest BCUT2D eigenvalue weighted by molar-refractivity contribution is 5.94. The second kappa shape index (κ2) is 6.83. The largest absolute Gasteiger partial charge is 0.505 e. The Kier molecular flexibility index (Phi) is 4.87. The van der Waals surface area contributed by atoms with Gasteiger partial charge in [0.1, 0.15) is 5.75 Å². The third-order valence-corrected chi connectivity index (χ3v) is 3.45. The van der Waals surface area contributed by atoms with E-state index in [0.29, 0.717) is 6.54 Å². The predicted molar refractivity (Wildman–Crippen MR) is 79.8 cm³/mol. The van der Waals surface area contributed by atoms with Gasteiger partial charge in [-0.05, 0) is 37.1 Å². The van der Waals surface area contributed by atoms with E-state index in [1.807, 2.05) is 26.0 Å². The van der Waals surface area contributed by atoms with Crippen molar-refractivity contribution in [1.82, 2.24) is 14.9 Å². The molecule has 2 aromatic heterocycles. The van der Waals surface area contributed by atoms with Crippen molar-refractivity contribution in [2.75, 3.05) is 0 Å². The van der Waals surface area contributed by atoms with Gasteiger partial charge < -0.3 is 10.0 Å². The van der Waals surface area contributed by atoms with Crippen LogP contribution in [0.5, 0.6) is 5.75 Å². The number of carbonyl (C=O) groups is 1. The van der Waals surface area contributed by atoms with Gasteiger partial charge in [-0.1, -0.05) is 13.0 Å². The van der Waals surface area contributed by atoms with E-state index < -0.39 is 0 Å². The molecular weight excluding hydrogens is 266 g/mol. The standard InChI is InChI=1S/C16H19N3O2/c1-3-12(2)19(11-13-6-4-8-17-10-13)16(21)15-14(20)7-5-9-18-15/h4-10,12,20H,3,11H2,1-2H3/t12-/m1/s1. The van der Waals surface area contributed by atoms with Gasteiger partial charge in [0.2, 0.25) is 0 Å². The molecule has 0 saturated carbocycles. The smallest absolute Gasteiger partial charge is 0.276 e. The second-order valence-corrected chi connectivity index (χ2v) is 4.92. The molecule has 1 amide bonds. The lowest BCUT2D eigenvalue weighted by molar-refractivity contribution is 0.0662. The Bertz CT molecular complexity index is 601. The fourth-order valence-corrected chi connectivity index (χ4v) is 2.03. The Balaban J connectivity index is 2.28. The number of rotatable bonds is 5. The molecule has 0 saturated heterocycles. The molecule has 21 heavy (non-hydrogen) atoms. The molecular formula is C16H19N3O2. The summed E-state index contributed by atoms with van der Waals surface area (Å²) >= 11 is 0. The van der Waals surface area contributed by atoms with E-state index in [0.717, 1.165) is 12.0 Å². The normalized spacial score (nSPS) is 11.9. The third-order valence-electron chi connectivity index (χ3n) is 3.45. The zero-order valence-electron chi connectivity index (χ0n) is 12.2. The van der Waals surface area contributed by atoms with Gasteiger partial charge in [-0.3, -0.25) is 9.78 Å². The monoisotopic (exact) mass is 285 g/mol. The zero-order valence-corrected chi connectivity index (χ0v) is 12.2. The summed E-state index contributed by atoms with van der Waals surface area (Å²) in [4.78, 5) is 22.4. The maximum absolute atomic E-state index is 12.7. The van der Waals surface area contributed by atoms with Crippen molar-refractivity contribution in [3.63, 3.8) is 0 Å². The van der Waals surface area contributed by atoms with Crippen LogP contribution >= 0.6 is 0 Å². The summed E-state index contributed by atoms with van der Waals surface area (Å²) in [6.07, 6.45) is 5.76. The van der Waals surface area contributed by atoms with Crippen molar-refractivity contribution >= 4 is 5.91 Å². The van der Waals surface area contributed by atoms with Crippen LogP contribution in [0.3, 0.4) is 0 Å². The maximum atomic E-state index is 12.7. The van der Waals surface area contributed by atoms with Gasteiger partial charge in [0.05, 0.1) is 0 Å². The molecule has 0 aliphatic carbocycles. The fourth-order valence-electron chi connectivity index (χ4n) is 2.03. The van der Waals surface area contributed by atoms with Crippen molar-refractivity contribution in [1.29, 1.82) is 0 Å². The number of nitrogens with zero attached hydrogens (tertiary/aromatic N) is 3. The van der Waals surface area contributed by atoms with E-state index in [2.05, 4.69) is 9.97 Å². The number of pyridine rings is 2. The van der Waals surface area contributed by atoms with Gasteiger partial charge in [0.15, 0.2) is 5.69 Å². The molecule has 0 fully saturated rings. The third kappa shape index (κ3) is 3.56. The van der Waals surface area contributed by atoms with E-state index in [-0.39, 0.29) is 23.4 Å². The molecule has 1 atom stereocenters. The molecule has 0 aliphatic rings. The lowest BCUT2D eigenvalue weighted by Crippen LogP contribution is -2.38.